The number of carbonyl (C=O) groups excluding carboxylic acids is 1. The smallest absolute Gasteiger partial charge is 0.344 e. The van der Waals surface area contributed by atoms with Crippen LogP contribution >= 0.6 is 0 Å². The van der Waals surface area contributed by atoms with Gasteiger partial charge < -0.3 is 15.2 Å². The van der Waals surface area contributed by atoms with Crippen LogP contribution in [0, 0.1) is 6.92 Å². The van der Waals surface area contributed by atoms with Gasteiger partial charge in [-0.25, -0.2) is 4.79 Å². The molecular formula is C12H17NO3. The lowest BCUT2D eigenvalue weighted by molar-refractivity contribution is -0.149. The number of aryl methyl sites for hydroxylation is 1. The zero-order valence-electron chi connectivity index (χ0n) is 9.82. The van der Waals surface area contributed by atoms with Gasteiger partial charge in [-0.05, 0) is 38.5 Å². The van der Waals surface area contributed by atoms with Crippen molar-refractivity contribution in [3.05, 3.63) is 23.8 Å². The largest absolute Gasteiger partial charge is 0.480 e. The van der Waals surface area contributed by atoms with Crippen LogP contribution in [0.2, 0.25) is 0 Å². The lowest BCUT2D eigenvalue weighted by Crippen LogP contribution is -2.19. The Hall–Kier alpha value is -1.71. The highest BCUT2D eigenvalue weighted by Gasteiger charge is 2.07. The topological polar surface area (TPSA) is 61.5 Å². The van der Waals surface area contributed by atoms with Gasteiger partial charge in [0.2, 0.25) is 0 Å². The summed E-state index contributed by atoms with van der Waals surface area (Å²) in [5, 5.41) is 0. The summed E-state index contributed by atoms with van der Waals surface area (Å²) in [5.74, 6) is 0.112. The molecule has 0 saturated heterocycles. The van der Waals surface area contributed by atoms with Gasteiger partial charge in [-0.2, -0.15) is 0 Å². The van der Waals surface area contributed by atoms with Gasteiger partial charge in [-0.3, -0.25) is 0 Å². The van der Waals surface area contributed by atoms with Crippen molar-refractivity contribution >= 4 is 11.7 Å². The minimum atomic E-state index is -0.394. The molecular weight excluding hydrogens is 206 g/mol. The lowest BCUT2D eigenvalue weighted by atomic mass is 10.2. The molecule has 0 aliphatic rings. The molecule has 1 aromatic carbocycles. The minimum absolute atomic E-state index is 0.120. The summed E-state index contributed by atoms with van der Waals surface area (Å²) in [7, 11) is 0. The van der Waals surface area contributed by atoms with Crippen molar-refractivity contribution in [3.8, 4) is 5.75 Å². The van der Waals surface area contributed by atoms with Crippen LogP contribution < -0.4 is 10.5 Å². The summed E-state index contributed by atoms with van der Waals surface area (Å²) >= 11 is 0. The zero-order chi connectivity index (χ0) is 12.1. The number of esters is 1. The van der Waals surface area contributed by atoms with E-state index in [1.54, 1.807) is 26.0 Å². The molecule has 0 unspecified atom stereocenters. The Morgan fingerprint density at radius 2 is 2.12 bits per heavy atom. The fraction of sp³-hybridized carbons (Fsp3) is 0.417. The maximum Gasteiger partial charge on any atom is 0.344 e. The molecule has 0 bridgehead atoms. The van der Waals surface area contributed by atoms with Crippen molar-refractivity contribution < 1.29 is 14.3 Å². The minimum Gasteiger partial charge on any atom is -0.480 e. The first kappa shape index (κ1) is 12.4. The van der Waals surface area contributed by atoms with E-state index < -0.39 is 5.97 Å². The number of nitrogen functional groups attached to an aromatic ring is 1. The molecule has 0 radical (unpaired) electrons. The summed E-state index contributed by atoms with van der Waals surface area (Å²) < 4.78 is 10.2. The number of hydrogen-bond acceptors (Lipinski definition) is 4. The summed E-state index contributed by atoms with van der Waals surface area (Å²) in [5.41, 5.74) is 7.31. The van der Waals surface area contributed by atoms with Crippen molar-refractivity contribution in [1.82, 2.24) is 0 Å². The van der Waals surface area contributed by atoms with Crippen molar-refractivity contribution in [2.45, 2.75) is 26.9 Å². The molecule has 16 heavy (non-hydrogen) atoms. The van der Waals surface area contributed by atoms with Gasteiger partial charge in [0.15, 0.2) is 6.61 Å². The molecule has 0 aliphatic heterocycles. The highest BCUT2D eigenvalue weighted by molar-refractivity contribution is 5.71. The van der Waals surface area contributed by atoms with Crippen LogP contribution in [0.1, 0.15) is 19.4 Å². The normalized spacial score (nSPS) is 10.2. The Kier molecular flexibility index (Phi) is 4.17. The summed E-state index contributed by atoms with van der Waals surface area (Å²) in [6, 6.07) is 5.41. The third-order valence-corrected chi connectivity index (χ3v) is 1.88. The van der Waals surface area contributed by atoms with Crippen LogP contribution in [0.3, 0.4) is 0 Å². The molecule has 0 amide bonds. The fourth-order valence-electron chi connectivity index (χ4n) is 1.23. The van der Waals surface area contributed by atoms with E-state index in [0.717, 1.165) is 5.56 Å². The summed E-state index contributed by atoms with van der Waals surface area (Å²) in [6.45, 7) is 5.40. The molecule has 0 atom stereocenters. The molecule has 0 aromatic heterocycles. The first-order valence-electron chi connectivity index (χ1n) is 5.17. The molecule has 88 valence electrons. The van der Waals surface area contributed by atoms with E-state index in [-0.39, 0.29) is 12.7 Å². The Morgan fingerprint density at radius 3 is 2.69 bits per heavy atom. The fourth-order valence-corrected chi connectivity index (χ4v) is 1.23. The molecule has 4 heteroatoms. The van der Waals surface area contributed by atoms with Crippen LogP contribution in [-0.2, 0) is 9.53 Å². The van der Waals surface area contributed by atoms with Crippen LogP contribution in [-0.4, -0.2) is 18.7 Å². The number of ether oxygens (including phenoxy) is 2. The standard InChI is InChI=1S/C12H17NO3/c1-8(2)16-12(14)7-15-11-5-4-9(3)6-10(11)13/h4-6,8H,7,13H2,1-3H3. The molecule has 0 heterocycles. The number of anilines is 1. The highest BCUT2D eigenvalue weighted by Crippen LogP contribution is 2.21. The predicted molar refractivity (Wildman–Crippen MR) is 62.3 cm³/mol. The van der Waals surface area contributed by atoms with E-state index in [9.17, 15) is 4.79 Å². The molecule has 2 N–H and O–H groups in total. The van der Waals surface area contributed by atoms with E-state index in [1.165, 1.54) is 0 Å². The Morgan fingerprint density at radius 1 is 1.44 bits per heavy atom. The molecule has 0 spiro atoms. The van der Waals surface area contributed by atoms with E-state index in [2.05, 4.69) is 0 Å². The molecule has 1 aromatic rings. The van der Waals surface area contributed by atoms with Crippen molar-refractivity contribution in [2.75, 3.05) is 12.3 Å². The summed E-state index contributed by atoms with van der Waals surface area (Å²) in [6.07, 6.45) is -0.133. The third-order valence-electron chi connectivity index (χ3n) is 1.88. The monoisotopic (exact) mass is 223 g/mol. The van der Waals surface area contributed by atoms with Gasteiger partial charge in [0.25, 0.3) is 0 Å². The van der Waals surface area contributed by atoms with Crippen LogP contribution in [0.15, 0.2) is 18.2 Å². The molecule has 1 rings (SSSR count). The van der Waals surface area contributed by atoms with Crippen LogP contribution in [0.25, 0.3) is 0 Å². The second-order valence-electron chi connectivity index (χ2n) is 3.87. The van der Waals surface area contributed by atoms with E-state index in [0.29, 0.717) is 11.4 Å². The second-order valence-corrected chi connectivity index (χ2v) is 3.87. The Balaban J connectivity index is 2.51. The van der Waals surface area contributed by atoms with Crippen molar-refractivity contribution in [3.63, 3.8) is 0 Å². The third kappa shape index (κ3) is 3.81. The SMILES string of the molecule is Cc1ccc(OCC(=O)OC(C)C)c(N)c1. The van der Waals surface area contributed by atoms with Gasteiger partial charge in [0.1, 0.15) is 5.75 Å². The van der Waals surface area contributed by atoms with Gasteiger partial charge >= 0.3 is 5.97 Å². The van der Waals surface area contributed by atoms with E-state index in [1.807, 2.05) is 13.0 Å². The Labute approximate surface area is 95.3 Å². The molecule has 0 aliphatic carbocycles. The van der Waals surface area contributed by atoms with Crippen LogP contribution in [0.5, 0.6) is 5.75 Å². The van der Waals surface area contributed by atoms with E-state index in [4.69, 9.17) is 15.2 Å². The van der Waals surface area contributed by atoms with Gasteiger partial charge in [0.05, 0.1) is 11.8 Å². The van der Waals surface area contributed by atoms with Gasteiger partial charge in [-0.15, -0.1) is 0 Å². The number of carbonyl (C=O) groups is 1. The van der Waals surface area contributed by atoms with Gasteiger partial charge in [-0.1, -0.05) is 6.07 Å². The average molecular weight is 223 g/mol. The summed E-state index contributed by atoms with van der Waals surface area (Å²) in [4.78, 5) is 11.2. The maximum absolute atomic E-state index is 11.2. The highest BCUT2D eigenvalue weighted by atomic mass is 16.6. The first-order valence-corrected chi connectivity index (χ1v) is 5.17. The molecule has 0 fully saturated rings. The Bertz CT molecular complexity index is 375. The van der Waals surface area contributed by atoms with E-state index >= 15 is 0 Å². The zero-order valence-corrected chi connectivity index (χ0v) is 9.82. The second kappa shape index (κ2) is 5.39. The van der Waals surface area contributed by atoms with Crippen molar-refractivity contribution in [2.24, 2.45) is 0 Å². The maximum atomic E-state index is 11.2. The lowest BCUT2D eigenvalue weighted by Gasteiger charge is -2.10. The number of rotatable bonds is 4. The predicted octanol–water partition coefficient (Wildman–Crippen LogP) is 1.91. The van der Waals surface area contributed by atoms with Gasteiger partial charge in [0, 0.05) is 0 Å². The molecule has 4 nitrogen and oxygen atoms in total. The first-order chi connectivity index (χ1) is 7.49. The number of nitrogens with two attached hydrogens (primary N) is 1. The quantitative estimate of drug-likeness (QED) is 0.625. The van der Waals surface area contributed by atoms with Crippen LogP contribution in [0.4, 0.5) is 5.69 Å². The average Bonchev–Trinajstić information content (AvgIpc) is 2.15. The number of benzene rings is 1. The van der Waals surface area contributed by atoms with Crippen molar-refractivity contribution in [1.29, 1.82) is 0 Å². The number of hydrogen-bond donors (Lipinski definition) is 1. The molecule has 0 saturated carbocycles.